The van der Waals surface area contributed by atoms with Gasteiger partial charge in [-0.25, -0.2) is 0 Å². The van der Waals surface area contributed by atoms with Crippen molar-refractivity contribution in [2.45, 2.75) is 174 Å². The van der Waals surface area contributed by atoms with Crippen LogP contribution in [-0.2, 0) is 32.9 Å². The van der Waals surface area contributed by atoms with E-state index in [0.717, 1.165) is 36.3 Å². The molecule has 294 valence electrons. The highest BCUT2D eigenvalue weighted by atomic mass is 28.5. The second-order valence-corrected chi connectivity index (χ2v) is 66.5. The van der Waals surface area contributed by atoms with Gasteiger partial charge in [-0.05, 0) is 173 Å². The van der Waals surface area contributed by atoms with Crippen molar-refractivity contribution in [2.75, 3.05) is 0 Å². The van der Waals surface area contributed by atoms with Gasteiger partial charge in [0.1, 0.15) is 19.5 Å². The lowest BCUT2D eigenvalue weighted by Crippen LogP contribution is -2.63. The molecular formula is C29H82O8Si12. The molecule has 0 aromatic heterocycles. The van der Waals surface area contributed by atoms with Crippen LogP contribution in [-0.4, -0.2) is 104 Å². The molecule has 0 bridgehead atoms. The van der Waals surface area contributed by atoms with Crippen LogP contribution in [0.15, 0.2) is 12.3 Å². The molecule has 8 nitrogen and oxygen atoms in total. The standard InChI is InChI=1S/C29H82O8Si12/c1-23-48(35-45(17,18)26-24-38-30-40(2,3)4,36-46(19,20)27-25-39-31-41(5,6)7)37-47(21,22)28-29-49(32-42(8,9)10,33-43(11,12)13)34-44(14,15)16/h23H,1,24-29,38-39H2,2-22H3. The van der Waals surface area contributed by atoms with Gasteiger partial charge in [0.25, 0.3) is 0 Å². The molecule has 0 rings (SSSR count). The van der Waals surface area contributed by atoms with E-state index in [9.17, 15) is 0 Å². The van der Waals surface area contributed by atoms with E-state index < -0.39 is 104 Å². The molecule has 0 heterocycles. The van der Waals surface area contributed by atoms with E-state index in [0.29, 0.717) is 0 Å². The zero-order valence-electron chi connectivity index (χ0n) is 36.2. The van der Waals surface area contributed by atoms with Crippen molar-refractivity contribution in [3.8, 4) is 0 Å². The molecule has 0 aliphatic rings. The summed E-state index contributed by atoms with van der Waals surface area (Å²) in [5.41, 5.74) is 1.96. The van der Waals surface area contributed by atoms with Crippen LogP contribution in [0.25, 0.3) is 0 Å². The van der Waals surface area contributed by atoms with Gasteiger partial charge in [0.2, 0.25) is 0 Å². The van der Waals surface area contributed by atoms with E-state index in [1.807, 2.05) is 5.70 Å². The molecule has 0 atom stereocenters. The summed E-state index contributed by atoms with van der Waals surface area (Å²) in [5, 5.41) is 0. The van der Waals surface area contributed by atoms with Crippen molar-refractivity contribution in [1.29, 1.82) is 0 Å². The van der Waals surface area contributed by atoms with E-state index in [4.69, 9.17) is 32.9 Å². The first-order valence-electron chi connectivity index (χ1n) is 18.5. The number of hydrogen-bond acceptors (Lipinski definition) is 8. The van der Waals surface area contributed by atoms with Crippen LogP contribution in [0.5, 0.6) is 0 Å². The van der Waals surface area contributed by atoms with Crippen LogP contribution >= 0.6 is 0 Å². The minimum atomic E-state index is -3.27. The summed E-state index contributed by atoms with van der Waals surface area (Å²) in [4.78, 5) is 0. The summed E-state index contributed by atoms with van der Waals surface area (Å²) in [7, 11) is -23.2. The third-order valence-electron chi connectivity index (χ3n) is 6.84. The van der Waals surface area contributed by atoms with Gasteiger partial charge in [-0.3, -0.25) is 0 Å². The summed E-state index contributed by atoms with van der Waals surface area (Å²) in [6, 6.07) is 5.95. The molecule has 0 aliphatic heterocycles. The summed E-state index contributed by atoms with van der Waals surface area (Å²) in [5.74, 6) is 0. The Hall–Kier alpha value is 2.02. The molecule has 0 amide bonds. The topological polar surface area (TPSA) is 73.8 Å². The Bertz CT molecular complexity index is 921. The molecule has 0 unspecified atom stereocenters. The lowest BCUT2D eigenvalue weighted by Gasteiger charge is -2.45. The van der Waals surface area contributed by atoms with Gasteiger partial charge in [-0.15, -0.1) is 6.58 Å². The monoisotopic (exact) mass is 894 g/mol. The molecule has 20 heteroatoms. The Morgan fingerprint density at radius 1 is 0.388 bits per heavy atom. The minimum Gasteiger partial charge on any atom is -0.461 e. The zero-order chi connectivity index (χ0) is 39.0. The fourth-order valence-electron chi connectivity index (χ4n) is 5.32. The molecule has 0 spiro atoms. The number of rotatable bonds is 26. The van der Waals surface area contributed by atoms with Crippen molar-refractivity contribution in [3.05, 3.63) is 12.3 Å². The second kappa shape index (κ2) is 19.3. The van der Waals surface area contributed by atoms with E-state index in [-0.39, 0.29) is 0 Å². The van der Waals surface area contributed by atoms with Crippen LogP contribution in [0.2, 0.25) is 174 Å². The Labute approximate surface area is 320 Å². The van der Waals surface area contributed by atoms with Gasteiger partial charge in [0.05, 0.1) is 0 Å². The third kappa shape index (κ3) is 26.5. The first kappa shape index (κ1) is 51.0. The van der Waals surface area contributed by atoms with Crippen molar-refractivity contribution in [2.24, 2.45) is 0 Å². The zero-order valence-corrected chi connectivity index (χ0v) is 49.0. The normalized spacial score (nSPS) is 16.7. The van der Waals surface area contributed by atoms with Crippen LogP contribution in [0, 0.1) is 0 Å². The minimum absolute atomic E-state index is 0.584. The molecule has 0 aliphatic carbocycles. The van der Waals surface area contributed by atoms with Crippen molar-refractivity contribution in [1.82, 2.24) is 0 Å². The van der Waals surface area contributed by atoms with Gasteiger partial charge in [-0.2, -0.15) is 0 Å². The van der Waals surface area contributed by atoms with Gasteiger partial charge < -0.3 is 32.9 Å². The molecule has 49 heavy (non-hydrogen) atoms. The lowest BCUT2D eigenvalue weighted by atomic mass is 10.9. The van der Waals surface area contributed by atoms with Crippen LogP contribution in [0.4, 0.5) is 0 Å². The largest absolute Gasteiger partial charge is 0.497 e. The van der Waals surface area contributed by atoms with Crippen LogP contribution < -0.4 is 0 Å². The fraction of sp³-hybridized carbons (Fsp3) is 0.931. The van der Waals surface area contributed by atoms with Gasteiger partial charge >= 0.3 is 17.6 Å². The summed E-state index contributed by atoms with van der Waals surface area (Å²) in [6.45, 7) is 52.3. The molecule has 0 saturated carbocycles. The highest BCUT2D eigenvalue weighted by Crippen LogP contribution is 2.36. The first-order valence-corrected chi connectivity index (χ1v) is 51.8. The highest BCUT2D eigenvalue weighted by Gasteiger charge is 2.54. The smallest absolute Gasteiger partial charge is 0.461 e. The number of hydrogen-bond donors (Lipinski definition) is 0. The third-order valence-corrected chi connectivity index (χ3v) is 45.7. The SMILES string of the molecule is C=C[Si](O[Si](C)(C)CC[SiH2]O[Si](C)(C)C)(O[Si](C)(C)CC[SiH2]O[Si](C)(C)C)O[Si](C)(C)CC[Si](O[Si](C)(C)C)(O[Si](C)(C)C)O[Si](C)(C)C. The fourth-order valence-corrected chi connectivity index (χ4v) is 50.1. The summed E-state index contributed by atoms with van der Waals surface area (Å²) in [6.07, 6.45) is 0. The molecule has 0 aromatic rings. The quantitative estimate of drug-likeness (QED) is 0.0629. The lowest BCUT2D eigenvalue weighted by molar-refractivity contribution is 0.248. The van der Waals surface area contributed by atoms with E-state index >= 15 is 0 Å². The Morgan fingerprint density at radius 3 is 0.918 bits per heavy atom. The molecule has 0 aromatic carbocycles. The maximum Gasteiger partial charge on any atom is 0.497 e. The maximum atomic E-state index is 7.40. The van der Waals surface area contributed by atoms with E-state index in [1.165, 1.54) is 0 Å². The van der Waals surface area contributed by atoms with Crippen LogP contribution in [0.1, 0.15) is 0 Å². The molecule has 0 fully saturated rings. The van der Waals surface area contributed by atoms with E-state index in [2.05, 4.69) is 144 Å². The van der Waals surface area contributed by atoms with E-state index in [1.54, 1.807) is 0 Å². The first-order chi connectivity index (χ1) is 21.4. The predicted molar refractivity (Wildman–Crippen MR) is 245 cm³/mol. The Kier molecular flexibility index (Phi) is 20.0. The molecule has 0 N–H and O–H groups in total. The Morgan fingerprint density at radius 2 is 0.673 bits per heavy atom. The van der Waals surface area contributed by atoms with Gasteiger partial charge in [0, 0.05) is 6.04 Å². The predicted octanol–water partition coefficient (Wildman–Crippen LogP) is 9.52. The van der Waals surface area contributed by atoms with Crippen LogP contribution in [0.3, 0.4) is 0 Å². The summed E-state index contributed by atoms with van der Waals surface area (Å²) < 4.78 is 55.8. The van der Waals surface area contributed by atoms with Crippen molar-refractivity contribution in [3.63, 3.8) is 0 Å². The van der Waals surface area contributed by atoms with Gasteiger partial charge in [0.15, 0.2) is 66.5 Å². The molecule has 0 radical (unpaired) electrons. The average molecular weight is 896 g/mol. The maximum absolute atomic E-state index is 7.40. The second-order valence-electron chi connectivity index (χ2n) is 20.3. The molecular weight excluding hydrogens is 813 g/mol. The van der Waals surface area contributed by atoms with Gasteiger partial charge in [-0.1, -0.05) is 0 Å². The average Bonchev–Trinajstić information content (AvgIpc) is 2.78. The Balaban J connectivity index is 6.54. The summed E-state index contributed by atoms with van der Waals surface area (Å²) >= 11 is 0. The molecule has 0 saturated heterocycles. The van der Waals surface area contributed by atoms with Crippen molar-refractivity contribution < 1.29 is 32.9 Å². The van der Waals surface area contributed by atoms with Crippen molar-refractivity contribution >= 4 is 104 Å². The highest BCUT2D eigenvalue weighted by molar-refractivity contribution is 6.94.